The molecule has 0 aliphatic rings. The Kier molecular flexibility index (Phi) is 9.52. The fraction of sp³-hybridized carbons (Fsp3) is 0.227. The van der Waals surface area contributed by atoms with Crippen molar-refractivity contribution in [3.63, 3.8) is 0 Å². The topological polar surface area (TPSA) is 125 Å². The summed E-state index contributed by atoms with van der Waals surface area (Å²) in [5, 5.41) is 22.0. The third-order valence-corrected chi connectivity index (χ3v) is 4.66. The highest BCUT2D eigenvalue weighted by atomic mass is 35.5. The molecule has 3 rings (SSSR count). The van der Waals surface area contributed by atoms with E-state index in [1.807, 2.05) is 13.8 Å². The lowest BCUT2D eigenvalue weighted by molar-refractivity contribution is -0.135. The highest BCUT2D eigenvalue weighted by molar-refractivity contribution is 6.33. The highest BCUT2D eigenvalue weighted by Crippen LogP contribution is 2.30. The first-order valence-electron chi connectivity index (χ1n) is 9.54. The number of anilines is 1. The summed E-state index contributed by atoms with van der Waals surface area (Å²) in [5.41, 5.74) is 2.27. The van der Waals surface area contributed by atoms with Crippen LogP contribution in [0.3, 0.4) is 0 Å². The first-order chi connectivity index (χ1) is 15.2. The number of nitrogens with zero attached hydrogens (tertiary/aromatic N) is 1. The minimum atomic E-state index is -1.00. The molecule has 1 unspecified atom stereocenters. The number of rotatable bonds is 8. The Bertz CT molecular complexity index is 1060. The summed E-state index contributed by atoms with van der Waals surface area (Å²) in [4.78, 5) is 27.8. The van der Waals surface area contributed by atoms with Gasteiger partial charge in [-0.3, -0.25) is 4.79 Å². The molecular weight excluding hydrogens is 457 g/mol. The molecule has 0 radical (unpaired) electrons. The minimum absolute atomic E-state index is 0.126. The largest absolute Gasteiger partial charge is 0.477 e. The zero-order valence-electron chi connectivity index (χ0n) is 17.4. The van der Waals surface area contributed by atoms with Gasteiger partial charge in [-0.2, -0.15) is 0 Å². The van der Waals surface area contributed by atoms with Crippen LogP contribution >= 0.6 is 23.2 Å². The van der Waals surface area contributed by atoms with Gasteiger partial charge in [0.15, 0.2) is 0 Å². The Balaban J connectivity index is 0.000000244. The highest BCUT2D eigenvalue weighted by Gasteiger charge is 2.12. The molecule has 4 N–H and O–H groups in total. The van der Waals surface area contributed by atoms with Gasteiger partial charge in [-0.05, 0) is 43.7 Å². The van der Waals surface area contributed by atoms with E-state index in [1.54, 1.807) is 48.8 Å². The van der Waals surface area contributed by atoms with E-state index in [9.17, 15) is 9.59 Å². The maximum atomic E-state index is 10.9. The molecule has 170 valence electrons. The number of aromatic amines is 1. The molecule has 0 spiro atoms. The van der Waals surface area contributed by atoms with Gasteiger partial charge < -0.3 is 25.3 Å². The van der Waals surface area contributed by atoms with Crippen molar-refractivity contribution in [3.05, 3.63) is 70.1 Å². The number of aromatic nitrogens is 2. The van der Waals surface area contributed by atoms with Crippen LogP contribution in [0.5, 0.6) is 0 Å². The number of carboxylic acid groups (broad SMARTS) is 1. The van der Waals surface area contributed by atoms with Gasteiger partial charge >= 0.3 is 5.97 Å². The summed E-state index contributed by atoms with van der Waals surface area (Å²) in [5.74, 6) is -0.301. The van der Waals surface area contributed by atoms with Gasteiger partial charge in [-0.25, -0.2) is 9.78 Å². The van der Waals surface area contributed by atoms with E-state index in [4.69, 9.17) is 33.4 Å². The SMILES string of the molecule is CC(C)Nc1cc(-c2c[nH]c(C(=O)O)c2)c(Cl)cn1.O=COC(CO)c1cccc(Cl)c1. The Morgan fingerprint density at radius 3 is 2.59 bits per heavy atom. The number of carboxylic acids is 1. The van der Waals surface area contributed by atoms with Gasteiger partial charge in [0.2, 0.25) is 0 Å². The molecule has 0 amide bonds. The molecule has 10 heteroatoms. The van der Waals surface area contributed by atoms with Crippen LogP contribution in [-0.2, 0) is 9.53 Å². The lowest BCUT2D eigenvalue weighted by Crippen LogP contribution is -2.10. The number of aliphatic hydroxyl groups is 1. The van der Waals surface area contributed by atoms with Crippen molar-refractivity contribution >= 4 is 41.5 Å². The van der Waals surface area contributed by atoms with E-state index < -0.39 is 12.1 Å². The van der Waals surface area contributed by atoms with Crippen molar-refractivity contribution in [1.29, 1.82) is 0 Å². The molecule has 1 atom stereocenters. The van der Waals surface area contributed by atoms with Crippen molar-refractivity contribution < 1.29 is 24.5 Å². The van der Waals surface area contributed by atoms with Crippen molar-refractivity contribution in [3.8, 4) is 11.1 Å². The average Bonchev–Trinajstić information content (AvgIpc) is 3.24. The molecule has 0 fully saturated rings. The Morgan fingerprint density at radius 1 is 1.28 bits per heavy atom. The zero-order valence-corrected chi connectivity index (χ0v) is 18.9. The molecule has 0 aliphatic heterocycles. The zero-order chi connectivity index (χ0) is 23.7. The standard InChI is InChI=1S/C13H14ClN3O2.C9H9ClO3/c1-7(2)17-12-4-9(10(14)6-16-12)8-3-11(13(18)19)15-5-8;10-8-3-1-2-7(4-8)9(5-11)13-6-12/h3-7,15H,1-2H3,(H,16,17)(H,18,19);1-4,6,9,11H,5H2. The van der Waals surface area contributed by atoms with Crippen molar-refractivity contribution in [2.45, 2.75) is 26.0 Å². The second-order valence-corrected chi connectivity index (χ2v) is 7.76. The minimum Gasteiger partial charge on any atom is -0.477 e. The maximum absolute atomic E-state index is 10.9. The fourth-order valence-corrected chi connectivity index (χ4v) is 3.12. The number of aliphatic hydroxyl groups excluding tert-OH is 1. The van der Waals surface area contributed by atoms with Crippen molar-refractivity contribution in [1.82, 2.24) is 9.97 Å². The van der Waals surface area contributed by atoms with Crippen LogP contribution in [-0.4, -0.2) is 45.3 Å². The van der Waals surface area contributed by atoms with Crippen LogP contribution in [0.15, 0.2) is 48.8 Å². The third kappa shape index (κ3) is 7.26. The molecular formula is C22H23Cl2N3O5. The van der Waals surface area contributed by atoms with E-state index >= 15 is 0 Å². The first kappa shape index (κ1) is 25.2. The number of aromatic carboxylic acids is 1. The monoisotopic (exact) mass is 479 g/mol. The molecule has 0 bridgehead atoms. The summed E-state index contributed by atoms with van der Waals surface area (Å²) in [6.45, 7) is 4.07. The summed E-state index contributed by atoms with van der Waals surface area (Å²) in [6, 6.07) is 10.4. The van der Waals surface area contributed by atoms with Gasteiger partial charge in [0.1, 0.15) is 17.6 Å². The van der Waals surface area contributed by atoms with Gasteiger partial charge in [-0.15, -0.1) is 0 Å². The molecule has 1 aromatic carbocycles. The predicted octanol–water partition coefficient (Wildman–Crippen LogP) is 4.80. The second kappa shape index (κ2) is 12.1. The molecule has 2 aromatic heterocycles. The third-order valence-electron chi connectivity index (χ3n) is 4.12. The molecule has 3 aromatic rings. The summed E-state index contributed by atoms with van der Waals surface area (Å²) in [6.07, 6.45) is 2.54. The van der Waals surface area contributed by atoms with Crippen LogP contribution in [0.1, 0.15) is 36.0 Å². The Labute approximate surface area is 195 Å². The van der Waals surface area contributed by atoms with Gasteiger partial charge in [-0.1, -0.05) is 35.3 Å². The summed E-state index contributed by atoms with van der Waals surface area (Å²) >= 11 is 11.8. The quantitative estimate of drug-likeness (QED) is 0.342. The number of H-pyrrole nitrogens is 1. The number of pyridine rings is 1. The molecule has 0 saturated carbocycles. The fourth-order valence-electron chi connectivity index (χ4n) is 2.71. The maximum Gasteiger partial charge on any atom is 0.352 e. The number of hydrogen-bond donors (Lipinski definition) is 4. The molecule has 32 heavy (non-hydrogen) atoms. The van der Waals surface area contributed by atoms with Crippen LogP contribution in [0.25, 0.3) is 11.1 Å². The average molecular weight is 480 g/mol. The van der Waals surface area contributed by atoms with Crippen molar-refractivity contribution in [2.75, 3.05) is 11.9 Å². The first-order valence-corrected chi connectivity index (χ1v) is 10.3. The molecule has 0 saturated heterocycles. The predicted molar refractivity (Wildman–Crippen MR) is 123 cm³/mol. The van der Waals surface area contributed by atoms with E-state index in [0.29, 0.717) is 27.9 Å². The number of halogens is 2. The number of ether oxygens (including phenoxy) is 1. The number of carbonyl (C=O) groups is 2. The lowest BCUT2D eigenvalue weighted by Gasteiger charge is -2.12. The Hall–Kier alpha value is -3.07. The van der Waals surface area contributed by atoms with E-state index in [2.05, 4.69) is 20.0 Å². The smallest absolute Gasteiger partial charge is 0.352 e. The number of carbonyl (C=O) groups excluding carboxylic acids is 1. The molecule has 2 heterocycles. The number of hydrogen-bond acceptors (Lipinski definition) is 6. The van der Waals surface area contributed by atoms with Gasteiger partial charge in [0.05, 0.1) is 11.6 Å². The van der Waals surface area contributed by atoms with Gasteiger partial charge in [0.25, 0.3) is 6.47 Å². The van der Waals surface area contributed by atoms with Crippen LogP contribution in [0, 0.1) is 0 Å². The normalized spacial score (nSPS) is 11.3. The Morgan fingerprint density at radius 2 is 2.03 bits per heavy atom. The van der Waals surface area contributed by atoms with Crippen LogP contribution in [0.2, 0.25) is 10.0 Å². The second-order valence-electron chi connectivity index (χ2n) is 6.91. The van der Waals surface area contributed by atoms with Crippen molar-refractivity contribution in [2.24, 2.45) is 0 Å². The lowest BCUT2D eigenvalue weighted by atomic mass is 10.1. The molecule has 0 aliphatic carbocycles. The molecule has 8 nitrogen and oxygen atoms in total. The van der Waals surface area contributed by atoms with E-state index in [0.717, 1.165) is 11.1 Å². The summed E-state index contributed by atoms with van der Waals surface area (Å²) < 4.78 is 4.64. The van der Waals surface area contributed by atoms with Crippen LogP contribution < -0.4 is 5.32 Å². The number of nitrogens with one attached hydrogen (secondary N) is 2. The van der Waals surface area contributed by atoms with Crippen LogP contribution in [0.4, 0.5) is 5.82 Å². The van der Waals surface area contributed by atoms with E-state index in [1.165, 1.54) is 0 Å². The van der Waals surface area contributed by atoms with E-state index in [-0.39, 0.29) is 18.3 Å². The van der Waals surface area contributed by atoms with Gasteiger partial charge in [0, 0.05) is 34.6 Å². The number of benzene rings is 1. The summed E-state index contributed by atoms with van der Waals surface area (Å²) in [7, 11) is 0.